The molecule has 1 aromatic heterocycles. The number of rotatable bonds is 4. The largest absolute Gasteiger partial charge is 0.488 e. The highest BCUT2D eigenvalue weighted by molar-refractivity contribution is 5.92. The molecule has 1 saturated carbocycles. The average Bonchev–Trinajstić information content (AvgIpc) is 3.02. The van der Waals surface area contributed by atoms with E-state index >= 15 is 0 Å². The van der Waals surface area contributed by atoms with Gasteiger partial charge in [-0.3, -0.25) is 9.48 Å². The molecule has 0 saturated heterocycles. The molecule has 1 aliphatic rings. The number of benzene rings is 1. The van der Waals surface area contributed by atoms with Crippen molar-refractivity contribution in [3.63, 3.8) is 0 Å². The molecule has 1 fully saturated rings. The maximum absolute atomic E-state index is 12.6. The van der Waals surface area contributed by atoms with E-state index in [2.05, 4.69) is 5.10 Å². The molecule has 0 unspecified atom stereocenters. The summed E-state index contributed by atoms with van der Waals surface area (Å²) in [6.45, 7) is 0. The normalized spacial score (nSPS) is 23.7. The van der Waals surface area contributed by atoms with E-state index in [4.69, 9.17) is 4.74 Å². The average molecular weight is 329 g/mol. The summed E-state index contributed by atoms with van der Waals surface area (Å²) < 4.78 is 7.48. The predicted molar refractivity (Wildman–Crippen MR) is 89.8 cm³/mol. The zero-order valence-electron chi connectivity index (χ0n) is 14.0. The van der Waals surface area contributed by atoms with Crippen molar-refractivity contribution >= 4 is 5.91 Å². The van der Waals surface area contributed by atoms with E-state index in [9.17, 15) is 9.90 Å². The van der Waals surface area contributed by atoms with Crippen molar-refractivity contribution < 1.29 is 14.6 Å². The van der Waals surface area contributed by atoms with Crippen LogP contribution in [0.4, 0.5) is 0 Å². The Bertz CT molecular complexity index is 686. The van der Waals surface area contributed by atoms with Gasteiger partial charge >= 0.3 is 0 Å². The highest BCUT2D eigenvalue weighted by atomic mass is 16.5. The Kier molecular flexibility index (Phi) is 4.85. The quantitative estimate of drug-likeness (QED) is 0.929. The van der Waals surface area contributed by atoms with Crippen molar-refractivity contribution in [2.75, 3.05) is 7.05 Å². The van der Waals surface area contributed by atoms with Crippen LogP contribution >= 0.6 is 0 Å². The molecular weight excluding hydrogens is 306 g/mol. The Hall–Kier alpha value is -2.34. The highest BCUT2D eigenvalue weighted by Crippen LogP contribution is 2.27. The number of para-hydroxylation sites is 1. The predicted octanol–water partition coefficient (Wildman–Crippen LogP) is 1.85. The van der Waals surface area contributed by atoms with Crippen LogP contribution in [0.3, 0.4) is 0 Å². The summed E-state index contributed by atoms with van der Waals surface area (Å²) in [6.07, 6.45) is 3.01. The molecule has 24 heavy (non-hydrogen) atoms. The number of ether oxygens (including phenoxy) is 1. The summed E-state index contributed by atoms with van der Waals surface area (Å²) in [7, 11) is 3.47. The van der Waals surface area contributed by atoms with Gasteiger partial charge in [-0.1, -0.05) is 18.2 Å². The fourth-order valence-corrected chi connectivity index (χ4v) is 3.26. The van der Waals surface area contributed by atoms with Gasteiger partial charge in [0, 0.05) is 20.3 Å². The van der Waals surface area contributed by atoms with Crippen molar-refractivity contribution in [3.05, 3.63) is 48.3 Å². The molecule has 0 aliphatic heterocycles. The van der Waals surface area contributed by atoms with E-state index in [1.54, 1.807) is 35.9 Å². The second-order valence-electron chi connectivity index (χ2n) is 6.21. The molecular formula is C18H23N3O3. The maximum Gasteiger partial charge on any atom is 0.272 e. The minimum atomic E-state index is -0.721. The first-order valence-corrected chi connectivity index (χ1v) is 8.23. The molecule has 128 valence electrons. The van der Waals surface area contributed by atoms with Crippen LogP contribution in [0.25, 0.3) is 0 Å². The first-order chi connectivity index (χ1) is 11.6. The van der Waals surface area contributed by atoms with Crippen LogP contribution in [0.5, 0.6) is 5.75 Å². The minimum Gasteiger partial charge on any atom is -0.488 e. The lowest BCUT2D eigenvalue weighted by Gasteiger charge is -2.39. The Morgan fingerprint density at radius 1 is 1.29 bits per heavy atom. The molecule has 6 nitrogen and oxygen atoms in total. The van der Waals surface area contributed by atoms with Crippen LogP contribution in [-0.2, 0) is 7.05 Å². The number of carbonyl (C=O) groups is 1. The van der Waals surface area contributed by atoms with Gasteiger partial charge in [0.25, 0.3) is 5.91 Å². The second-order valence-corrected chi connectivity index (χ2v) is 6.21. The van der Waals surface area contributed by atoms with Crippen LogP contribution in [0, 0.1) is 0 Å². The third-order valence-corrected chi connectivity index (χ3v) is 4.65. The molecule has 1 amide bonds. The van der Waals surface area contributed by atoms with E-state index in [-0.39, 0.29) is 18.1 Å². The van der Waals surface area contributed by atoms with Gasteiger partial charge in [-0.05, 0) is 37.5 Å². The van der Waals surface area contributed by atoms with E-state index in [0.29, 0.717) is 5.69 Å². The van der Waals surface area contributed by atoms with Crippen molar-refractivity contribution in [1.29, 1.82) is 0 Å². The third-order valence-electron chi connectivity index (χ3n) is 4.65. The Morgan fingerprint density at radius 2 is 2.04 bits per heavy atom. The highest BCUT2D eigenvalue weighted by Gasteiger charge is 2.37. The van der Waals surface area contributed by atoms with Gasteiger partial charge in [-0.15, -0.1) is 0 Å². The fourth-order valence-electron chi connectivity index (χ4n) is 3.26. The summed E-state index contributed by atoms with van der Waals surface area (Å²) in [4.78, 5) is 14.3. The summed E-state index contributed by atoms with van der Waals surface area (Å²) in [5.74, 6) is 0.599. The lowest BCUT2D eigenvalue weighted by Crippen LogP contribution is -2.53. The van der Waals surface area contributed by atoms with Crippen LogP contribution in [0.1, 0.15) is 29.8 Å². The van der Waals surface area contributed by atoms with Crippen molar-refractivity contribution in [2.45, 2.75) is 37.5 Å². The number of amides is 1. The molecule has 0 spiro atoms. The molecule has 0 bridgehead atoms. The summed E-state index contributed by atoms with van der Waals surface area (Å²) in [5, 5.41) is 14.8. The molecule has 1 heterocycles. The van der Waals surface area contributed by atoms with Gasteiger partial charge in [-0.25, -0.2) is 0 Å². The SMILES string of the molecule is CN(C(=O)c1ccnn1C)[C@@H]1CCC[C@@H](Oc2ccccc2)[C@@H]1O. The van der Waals surface area contributed by atoms with E-state index < -0.39 is 6.10 Å². The first-order valence-electron chi connectivity index (χ1n) is 8.23. The van der Waals surface area contributed by atoms with Gasteiger partial charge in [0.05, 0.1) is 6.04 Å². The standard InChI is InChI=1S/C18H23N3O3/c1-20(18(23)15-11-12-19-21(15)2)14-9-6-10-16(17(14)22)24-13-7-4-3-5-8-13/h3-5,7-8,11-12,14,16-17,22H,6,9-10H2,1-2H3/t14-,16-,17-/m1/s1. The number of aryl methyl sites for hydroxylation is 1. The Morgan fingerprint density at radius 3 is 2.71 bits per heavy atom. The number of aliphatic hydroxyl groups excluding tert-OH is 1. The van der Waals surface area contributed by atoms with Crippen LogP contribution < -0.4 is 4.74 Å². The number of hydrogen-bond acceptors (Lipinski definition) is 4. The lowest BCUT2D eigenvalue weighted by molar-refractivity contribution is -0.0414. The summed E-state index contributed by atoms with van der Waals surface area (Å²) in [6, 6.07) is 10.9. The zero-order valence-corrected chi connectivity index (χ0v) is 14.0. The van der Waals surface area contributed by atoms with Crippen molar-refractivity contribution in [2.24, 2.45) is 7.05 Å². The van der Waals surface area contributed by atoms with Crippen LogP contribution in [-0.4, -0.2) is 51.0 Å². The van der Waals surface area contributed by atoms with Gasteiger partial charge in [-0.2, -0.15) is 5.10 Å². The number of nitrogens with zero attached hydrogens (tertiary/aromatic N) is 3. The number of likely N-dealkylation sites (N-methyl/N-ethyl adjacent to an activating group) is 1. The van der Waals surface area contributed by atoms with E-state index in [1.807, 2.05) is 30.3 Å². The van der Waals surface area contributed by atoms with Gasteiger partial charge in [0.1, 0.15) is 23.7 Å². The summed E-state index contributed by atoms with van der Waals surface area (Å²) >= 11 is 0. The molecule has 3 rings (SSSR count). The van der Waals surface area contributed by atoms with Crippen molar-refractivity contribution in [1.82, 2.24) is 14.7 Å². The van der Waals surface area contributed by atoms with Crippen LogP contribution in [0.2, 0.25) is 0 Å². The minimum absolute atomic E-state index is 0.139. The number of carbonyl (C=O) groups excluding carboxylic acids is 1. The molecule has 1 N–H and O–H groups in total. The van der Waals surface area contributed by atoms with E-state index in [1.165, 1.54) is 0 Å². The summed E-state index contributed by atoms with van der Waals surface area (Å²) in [5.41, 5.74) is 0.510. The van der Waals surface area contributed by atoms with Crippen LogP contribution in [0.15, 0.2) is 42.6 Å². The lowest BCUT2D eigenvalue weighted by atomic mass is 9.88. The third kappa shape index (κ3) is 3.28. The van der Waals surface area contributed by atoms with Crippen molar-refractivity contribution in [3.8, 4) is 5.75 Å². The zero-order chi connectivity index (χ0) is 17.1. The fraction of sp³-hybridized carbons (Fsp3) is 0.444. The van der Waals surface area contributed by atoms with E-state index in [0.717, 1.165) is 25.0 Å². The Labute approximate surface area is 141 Å². The molecule has 1 aliphatic carbocycles. The number of aromatic nitrogens is 2. The van der Waals surface area contributed by atoms with Gasteiger partial charge < -0.3 is 14.7 Å². The smallest absolute Gasteiger partial charge is 0.272 e. The first kappa shape index (κ1) is 16.5. The van der Waals surface area contributed by atoms with Gasteiger partial charge in [0.2, 0.25) is 0 Å². The molecule has 3 atom stereocenters. The topological polar surface area (TPSA) is 67.6 Å². The molecule has 0 radical (unpaired) electrons. The number of hydrogen-bond donors (Lipinski definition) is 1. The molecule has 6 heteroatoms. The molecule has 2 aromatic rings. The number of aliphatic hydroxyl groups is 1. The monoisotopic (exact) mass is 329 g/mol. The second kappa shape index (κ2) is 7.05. The maximum atomic E-state index is 12.6. The molecule has 1 aromatic carbocycles. The Balaban J connectivity index is 1.71. The van der Waals surface area contributed by atoms with Gasteiger partial charge in [0.15, 0.2) is 0 Å².